The van der Waals surface area contributed by atoms with E-state index >= 15 is 0 Å². The fourth-order valence-corrected chi connectivity index (χ4v) is 3.70. The highest BCUT2D eigenvalue weighted by molar-refractivity contribution is 5.94. The number of hydrogen-bond acceptors (Lipinski definition) is 3. The van der Waals surface area contributed by atoms with Crippen LogP contribution >= 0.6 is 0 Å². The first-order chi connectivity index (χ1) is 13.0. The van der Waals surface area contributed by atoms with E-state index in [2.05, 4.69) is 0 Å². The van der Waals surface area contributed by atoms with Crippen LogP contribution in [-0.4, -0.2) is 36.5 Å². The Morgan fingerprint density at radius 2 is 1.56 bits per heavy atom. The molecule has 3 rings (SSSR count). The largest absolute Gasteiger partial charge is 0.465 e. The van der Waals surface area contributed by atoms with E-state index in [1.165, 1.54) is 29.2 Å². The molecule has 1 fully saturated rings. The van der Waals surface area contributed by atoms with Crippen molar-refractivity contribution in [2.75, 3.05) is 19.7 Å². The van der Waals surface area contributed by atoms with Gasteiger partial charge >= 0.3 is 5.97 Å². The summed E-state index contributed by atoms with van der Waals surface area (Å²) in [5, 5.41) is 0. The van der Waals surface area contributed by atoms with Crippen molar-refractivity contribution in [2.45, 2.75) is 25.2 Å². The lowest BCUT2D eigenvalue weighted by molar-refractivity contribution is -0.152. The van der Waals surface area contributed by atoms with Crippen LogP contribution in [0.3, 0.4) is 0 Å². The van der Waals surface area contributed by atoms with Gasteiger partial charge in [-0.15, -0.1) is 0 Å². The molecule has 0 aliphatic carbocycles. The van der Waals surface area contributed by atoms with Gasteiger partial charge in [0.15, 0.2) is 0 Å². The van der Waals surface area contributed by atoms with Crippen molar-refractivity contribution in [2.24, 2.45) is 0 Å². The number of hydrogen-bond donors (Lipinski definition) is 0. The van der Waals surface area contributed by atoms with Gasteiger partial charge in [0.25, 0.3) is 0 Å². The number of esters is 1. The molecule has 0 spiro atoms. The minimum Gasteiger partial charge on any atom is -0.465 e. The predicted molar refractivity (Wildman–Crippen MR) is 96.0 cm³/mol. The van der Waals surface area contributed by atoms with Crippen molar-refractivity contribution in [3.8, 4) is 0 Å². The van der Waals surface area contributed by atoms with Crippen LogP contribution in [0.1, 0.15) is 30.9 Å². The van der Waals surface area contributed by atoms with E-state index in [4.69, 9.17) is 4.74 Å². The number of nitrogens with zero attached hydrogens (tertiary/aromatic N) is 1. The summed E-state index contributed by atoms with van der Waals surface area (Å²) >= 11 is 0. The SMILES string of the molecule is CCOC(=O)CN1CCCC(c2ccc(F)cc2)(c2ccc(F)cc2)C1=O. The molecule has 0 bridgehead atoms. The Bertz CT molecular complexity index is 773. The van der Waals surface area contributed by atoms with Crippen LogP contribution in [0.2, 0.25) is 0 Å². The van der Waals surface area contributed by atoms with Gasteiger partial charge in [-0.25, -0.2) is 8.78 Å². The van der Waals surface area contributed by atoms with E-state index in [1.807, 2.05) is 0 Å². The van der Waals surface area contributed by atoms with Crippen molar-refractivity contribution in [3.05, 3.63) is 71.3 Å². The third kappa shape index (κ3) is 3.70. The third-order valence-electron chi connectivity index (χ3n) is 4.93. The average Bonchev–Trinajstić information content (AvgIpc) is 2.65. The van der Waals surface area contributed by atoms with Crippen LogP contribution in [0.5, 0.6) is 0 Å². The molecule has 0 saturated carbocycles. The minimum absolute atomic E-state index is 0.142. The van der Waals surface area contributed by atoms with Crippen molar-refractivity contribution < 1.29 is 23.1 Å². The summed E-state index contributed by atoms with van der Waals surface area (Å²) < 4.78 is 31.9. The molecule has 2 aromatic rings. The summed E-state index contributed by atoms with van der Waals surface area (Å²) in [5.74, 6) is -1.54. The maximum Gasteiger partial charge on any atom is 0.325 e. The van der Waals surface area contributed by atoms with Crippen LogP contribution < -0.4 is 0 Å². The molecule has 27 heavy (non-hydrogen) atoms. The second kappa shape index (κ2) is 7.86. The van der Waals surface area contributed by atoms with Crippen molar-refractivity contribution >= 4 is 11.9 Å². The predicted octanol–water partition coefficient (Wildman–Crippen LogP) is 3.44. The number of piperidine rings is 1. The molecule has 0 N–H and O–H groups in total. The average molecular weight is 373 g/mol. The minimum atomic E-state index is -1.09. The number of likely N-dealkylation sites (tertiary alicyclic amines) is 1. The fraction of sp³-hybridized carbons (Fsp3) is 0.333. The van der Waals surface area contributed by atoms with E-state index in [0.717, 1.165) is 0 Å². The number of benzene rings is 2. The molecule has 1 heterocycles. The number of ether oxygens (including phenoxy) is 1. The first kappa shape index (κ1) is 19.0. The number of amides is 1. The number of carbonyl (C=O) groups is 2. The van der Waals surface area contributed by atoms with Gasteiger partial charge in [-0.05, 0) is 55.2 Å². The second-order valence-electron chi connectivity index (χ2n) is 6.55. The van der Waals surface area contributed by atoms with E-state index in [0.29, 0.717) is 30.5 Å². The molecule has 0 unspecified atom stereocenters. The molecular weight excluding hydrogens is 352 g/mol. The number of carbonyl (C=O) groups excluding carboxylic acids is 2. The molecular formula is C21H21F2NO3. The quantitative estimate of drug-likeness (QED) is 0.755. The molecule has 1 amide bonds. The summed E-state index contributed by atoms with van der Waals surface area (Å²) in [7, 11) is 0. The maximum absolute atomic E-state index is 13.5. The van der Waals surface area contributed by atoms with Crippen LogP contribution in [0.4, 0.5) is 8.78 Å². The van der Waals surface area contributed by atoms with Gasteiger partial charge in [-0.3, -0.25) is 9.59 Å². The van der Waals surface area contributed by atoms with Gasteiger partial charge in [0, 0.05) is 6.54 Å². The van der Waals surface area contributed by atoms with Gasteiger partial charge in [0.2, 0.25) is 5.91 Å². The van der Waals surface area contributed by atoms with Crippen molar-refractivity contribution in [1.82, 2.24) is 4.90 Å². The molecule has 2 aromatic carbocycles. The van der Waals surface area contributed by atoms with Gasteiger partial charge in [0.05, 0.1) is 12.0 Å². The Balaban J connectivity index is 2.06. The molecule has 1 aliphatic heterocycles. The highest BCUT2D eigenvalue weighted by atomic mass is 19.1. The molecule has 1 aliphatic rings. The zero-order valence-corrected chi connectivity index (χ0v) is 15.1. The summed E-state index contributed by atoms with van der Waals surface area (Å²) in [4.78, 5) is 26.9. The number of halogens is 2. The summed E-state index contributed by atoms with van der Waals surface area (Å²) in [6.45, 7) is 2.23. The zero-order valence-electron chi connectivity index (χ0n) is 15.1. The maximum atomic E-state index is 13.5. The molecule has 1 saturated heterocycles. The zero-order chi connectivity index (χ0) is 19.4. The van der Waals surface area contributed by atoms with E-state index < -0.39 is 23.0 Å². The van der Waals surface area contributed by atoms with E-state index in [-0.39, 0.29) is 19.1 Å². The lowest BCUT2D eigenvalue weighted by atomic mass is 9.68. The monoisotopic (exact) mass is 373 g/mol. The summed E-state index contributed by atoms with van der Waals surface area (Å²) in [5.41, 5.74) is 0.148. The standard InChI is InChI=1S/C21H21F2NO3/c1-2-27-19(25)14-24-13-3-12-21(20(24)26,15-4-8-17(22)9-5-15)16-6-10-18(23)11-7-16/h4-11H,2-3,12-14H2,1H3. The Hall–Kier alpha value is -2.76. The van der Waals surface area contributed by atoms with Gasteiger partial charge in [0.1, 0.15) is 18.2 Å². The van der Waals surface area contributed by atoms with Crippen LogP contribution in [-0.2, 0) is 19.7 Å². The van der Waals surface area contributed by atoms with E-state index in [1.54, 1.807) is 31.2 Å². The summed E-state index contributed by atoms with van der Waals surface area (Å²) in [6, 6.07) is 11.5. The Kier molecular flexibility index (Phi) is 5.54. The fourth-order valence-electron chi connectivity index (χ4n) is 3.70. The van der Waals surface area contributed by atoms with Crippen LogP contribution in [0, 0.1) is 11.6 Å². The Morgan fingerprint density at radius 1 is 1.04 bits per heavy atom. The first-order valence-electron chi connectivity index (χ1n) is 8.94. The molecule has 0 aromatic heterocycles. The van der Waals surface area contributed by atoms with Gasteiger partial charge < -0.3 is 9.64 Å². The van der Waals surface area contributed by atoms with E-state index in [9.17, 15) is 18.4 Å². The molecule has 0 radical (unpaired) electrons. The first-order valence-corrected chi connectivity index (χ1v) is 8.94. The lowest BCUT2D eigenvalue weighted by Crippen LogP contribution is -2.53. The third-order valence-corrected chi connectivity index (χ3v) is 4.93. The molecule has 4 nitrogen and oxygen atoms in total. The van der Waals surface area contributed by atoms with Crippen molar-refractivity contribution in [3.63, 3.8) is 0 Å². The second-order valence-corrected chi connectivity index (χ2v) is 6.55. The van der Waals surface area contributed by atoms with Crippen molar-refractivity contribution in [1.29, 1.82) is 0 Å². The molecule has 0 atom stereocenters. The van der Waals surface area contributed by atoms with Crippen LogP contribution in [0.15, 0.2) is 48.5 Å². The molecule has 142 valence electrons. The van der Waals surface area contributed by atoms with Gasteiger partial charge in [-0.1, -0.05) is 24.3 Å². The highest BCUT2D eigenvalue weighted by Crippen LogP contribution is 2.41. The normalized spacial score (nSPS) is 16.3. The molecule has 6 heteroatoms. The van der Waals surface area contributed by atoms with Crippen LogP contribution in [0.25, 0.3) is 0 Å². The Labute approximate surface area is 156 Å². The number of rotatable bonds is 5. The Morgan fingerprint density at radius 3 is 2.04 bits per heavy atom. The highest BCUT2D eigenvalue weighted by Gasteiger charge is 2.47. The summed E-state index contributed by atoms with van der Waals surface area (Å²) in [6.07, 6.45) is 1.14. The smallest absolute Gasteiger partial charge is 0.325 e. The topological polar surface area (TPSA) is 46.6 Å². The van der Waals surface area contributed by atoms with Gasteiger partial charge in [-0.2, -0.15) is 0 Å². The lowest BCUT2D eigenvalue weighted by Gasteiger charge is -2.42.